The van der Waals surface area contributed by atoms with E-state index < -0.39 is 0 Å². The Hall–Kier alpha value is -3.73. The van der Waals surface area contributed by atoms with Crippen molar-refractivity contribution in [3.05, 3.63) is 64.3 Å². The minimum absolute atomic E-state index is 0.117. The lowest BCUT2D eigenvalue weighted by Crippen LogP contribution is -2.26. The van der Waals surface area contributed by atoms with Crippen LogP contribution in [-0.2, 0) is 11.3 Å². The van der Waals surface area contributed by atoms with Gasteiger partial charge in [-0.3, -0.25) is 9.59 Å². The second-order valence-corrected chi connectivity index (χ2v) is 6.23. The van der Waals surface area contributed by atoms with Crippen LogP contribution in [0.4, 0.5) is 5.69 Å². The van der Waals surface area contributed by atoms with Crippen LogP contribution >= 0.6 is 0 Å². The molecule has 27 heavy (non-hydrogen) atoms. The smallest absolute Gasteiger partial charge is 0.259 e. The average molecular weight is 363 g/mol. The minimum atomic E-state index is -0.368. The summed E-state index contributed by atoms with van der Waals surface area (Å²) in [5.41, 5.74) is 1.27. The number of carbonyl (C=O) groups excluding carboxylic acids is 1. The van der Waals surface area contributed by atoms with Gasteiger partial charge < -0.3 is 14.4 Å². The van der Waals surface area contributed by atoms with Crippen LogP contribution in [0.25, 0.3) is 11.5 Å². The third-order valence-corrected chi connectivity index (χ3v) is 3.80. The van der Waals surface area contributed by atoms with Crippen molar-refractivity contribution in [3.63, 3.8) is 0 Å². The number of aromatic nitrogens is 3. The third-order valence-electron chi connectivity index (χ3n) is 3.80. The Morgan fingerprint density at radius 1 is 1.26 bits per heavy atom. The van der Waals surface area contributed by atoms with Gasteiger partial charge in [-0.25, -0.2) is 0 Å². The molecule has 136 valence electrons. The van der Waals surface area contributed by atoms with E-state index in [-0.39, 0.29) is 23.9 Å². The van der Waals surface area contributed by atoms with E-state index in [1.165, 1.54) is 16.8 Å². The lowest BCUT2D eigenvalue weighted by molar-refractivity contribution is -0.116. The molecule has 8 heteroatoms. The first-order chi connectivity index (χ1) is 13.0. The van der Waals surface area contributed by atoms with Gasteiger partial charge in [0.25, 0.3) is 11.4 Å². The van der Waals surface area contributed by atoms with Gasteiger partial charge in [0, 0.05) is 23.9 Å². The van der Waals surface area contributed by atoms with Crippen LogP contribution in [0.1, 0.15) is 31.2 Å². The fraction of sp³-hybridized carbons (Fsp3) is 0.211. The highest BCUT2D eigenvalue weighted by atomic mass is 16.5. The maximum Gasteiger partial charge on any atom is 0.259 e. The van der Waals surface area contributed by atoms with E-state index in [2.05, 4.69) is 15.5 Å². The molecule has 0 spiro atoms. The van der Waals surface area contributed by atoms with Crippen LogP contribution in [0.2, 0.25) is 0 Å². The summed E-state index contributed by atoms with van der Waals surface area (Å²) in [7, 11) is 0. The first-order valence-corrected chi connectivity index (χ1v) is 8.31. The molecule has 0 atom stereocenters. The molecule has 3 rings (SSSR count). The first-order valence-electron chi connectivity index (χ1n) is 8.31. The molecule has 1 aromatic carbocycles. The molecule has 0 aliphatic rings. The number of hydrogen-bond acceptors (Lipinski definition) is 6. The summed E-state index contributed by atoms with van der Waals surface area (Å²) < 4.78 is 6.50. The predicted octanol–water partition coefficient (Wildman–Crippen LogP) is 2.53. The Balaban J connectivity index is 1.76. The average Bonchev–Trinajstić information content (AvgIpc) is 3.14. The molecule has 3 aromatic rings. The second-order valence-electron chi connectivity index (χ2n) is 6.23. The highest BCUT2D eigenvalue weighted by Crippen LogP contribution is 2.18. The van der Waals surface area contributed by atoms with Crippen molar-refractivity contribution < 1.29 is 9.32 Å². The number of nitrogens with zero attached hydrogens (tertiary/aromatic N) is 4. The van der Waals surface area contributed by atoms with Crippen LogP contribution < -0.4 is 10.9 Å². The van der Waals surface area contributed by atoms with Crippen molar-refractivity contribution in [2.45, 2.75) is 26.3 Å². The number of rotatable bonds is 5. The van der Waals surface area contributed by atoms with Crippen LogP contribution in [0.5, 0.6) is 0 Å². The van der Waals surface area contributed by atoms with Crippen LogP contribution in [0.3, 0.4) is 0 Å². The van der Waals surface area contributed by atoms with E-state index in [1.807, 2.05) is 19.9 Å². The summed E-state index contributed by atoms with van der Waals surface area (Å²) in [6, 6.07) is 11.4. The number of nitriles is 1. The normalized spacial score (nSPS) is 10.6. The number of benzene rings is 1. The second kappa shape index (κ2) is 7.66. The fourth-order valence-corrected chi connectivity index (χ4v) is 2.35. The summed E-state index contributed by atoms with van der Waals surface area (Å²) in [6.07, 6.45) is 1.51. The quantitative estimate of drug-likeness (QED) is 0.745. The molecule has 0 saturated carbocycles. The lowest BCUT2D eigenvalue weighted by atomic mass is 10.2. The summed E-state index contributed by atoms with van der Waals surface area (Å²) in [5, 5.41) is 15.4. The standard InChI is InChI=1S/C19H17N5O3/c1-12(2)18-22-19(27-23-18)14-5-8-17(26)24(10-14)11-16(25)21-15-6-3-13(9-20)4-7-15/h3-8,10,12H,11H2,1-2H3,(H,21,25). The molecule has 1 N–H and O–H groups in total. The van der Waals surface area contributed by atoms with Gasteiger partial charge in [-0.1, -0.05) is 19.0 Å². The van der Waals surface area contributed by atoms with Crippen molar-refractivity contribution in [2.24, 2.45) is 0 Å². The highest BCUT2D eigenvalue weighted by molar-refractivity contribution is 5.90. The van der Waals surface area contributed by atoms with E-state index in [4.69, 9.17) is 9.78 Å². The Labute approximate surface area is 155 Å². The molecule has 0 aliphatic carbocycles. The SMILES string of the molecule is CC(C)c1noc(-c2ccc(=O)n(CC(=O)Nc3ccc(C#N)cc3)c2)n1. The number of carbonyl (C=O) groups is 1. The van der Waals surface area contributed by atoms with Gasteiger partial charge >= 0.3 is 0 Å². The van der Waals surface area contributed by atoms with E-state index in [0.29, 0.717) is 28.5 Å². The van der Waals surface area contributed by atoms with E-state index >= 15 is 0 Å². The zero-order chi connectivity index (χ0) is 19.4. The molecular formula is C19H17N5O3. The molecule has 1 amide bonds. The Bertz CT molecular complexity index is 1060. The fourth-order valence-electron chi connectivity index (χ4n) is 2.35. The van der Waals surface area contributed by atoms with Crippen molar-refractivity contribution >= 4 is 11.6 Å². The van der Waals surface area contributed by atoms with E-state index in [9.17, 15) is 9.59 Å². The van der Waals surface area contributed by atoms with Gasteiger partial charge in [-0.2, -0.15) is 10.2 Å². The van der Waals surface area contributed by atoms with Gasteiger partial charge in [-0.15, -0.1) is 0 Å². The summed E-state index contributed by atoms with van der Waals surface area (Å²) in [4.78, 5) is 28.6. The predicted molar refractivity (Wildman–Crippen MR) is 97.9 cm³/mol. The third kappa shape index (κ3) is 4.27. The van der Waals surface area contributed by atoms with Crippen molar-refractivity contribution in [3.8, 4) is 17.5 Å². The number of nitrogens with one attached hydrogen (secondary N) is 1. The molecule has 2 heterocycles. The van der Waals surface area contributed by atoms with Gasteiger partial charge in [0.05, 0.1) is 17.2 Å². The topological polar surface area (TPSA) is 114 Å². The molecule has 0 unspecified atom stereocenters. The van der Waals surface area contributed by atoms with Gasteiger partial charge in [0.1, 0.15) is 6.54 Å². The lowest BCUT2D eigenvalue weighted by Gasteiger charge is -2.08. The Kier molecular flexibility index (Phi) is 5.13. The summed E-state index contributed by atoms with van der Waals surface area (Å²) in [5.74, 6) is 0.611. The van der Waals surface area contributed by atoms with Gasteiger partial charge in [-0.05, 0) is 30.3 Å². The number of amides is 1. The van der Waals surface area contributed by atoms with Gasteiger partial charge in [0.15, 0.2) is 5.82 Å². The van der Waals surface area contributed by atoms with Gasteiger partial charge in [0.2, 0.25) is 5.91 Å². The molecule has 0 bridgehead atoms. The molecule has 0 saturated heterocycles. The van der Waals surface area contributed by atoms with Crippen LogP contribution in [0.15, 0.2) is 51.9 Å². The maximum atomic E-state index is 12.2. The monoisotopic (exact) mass is 363 g/mol. The molecule has 0 fully saturated rings. The maximum absolute atomic E-state index is 12.2. The van der Waals surface area contributed by atoms with Crippen LogP contribution in [0, 0.1) is 11.3 Å². The Morgan fingerprint density at radius 3 is 2.63 bits per heavy atom. The highest BCUT2D eigenvalue weighted by Gasteiger charge is 2.13. The molecule has 0 aliphatic heterocycles. The zero-order valence-electron chi connectivity index (χ0n) is 14.8. The first kappa shape index (κ1) is 18.1. The largest absolute Gasteiger partial charge is 0.334 e. The molecule has 0 radical (unpaired) electrons. The number of pyridine rings is 1. The van der Waals surface area contributed by atoms with E-state index in [0.717, 1.165) is 0 Å². The summed E-state index contributed by atoms with van der Waals surface area (Å²) in [6.45, 7) is 3.73. The minimum Gasteiger partial charge on any atom is -0.334 e. The van der Waals surface area contributed by atoms with Crippen molar-refractivity contribution in [1.82, 2.24) is 14.7 Å². The molecule has 8 nitrogen and oxygen atoms in total. The van der Waals surface area contributed by atoms with Crippen molar-refractivity contribution in [2.75, 3.05) is 5.32 Å². The Morgan fingerprint density at radius 2 is 2.00 bits per heavy atom. The summed E-state index contributed by atoms with van der Waals surface area (Å²) >= 11 is 0. The molecule has 2 aromatic heterocycles. The van der Waals surface area contributed by atoms with Crippen molar-refractivity contribution in [1.29, 1.82) is 5.26 Å². The number of anilines is 1. The molecular weight excluding hydrogens is 346 g/mol. The van der Waals surface area contributed by atoms with Crippen LogP contribution in [-0.4, -0.2) is 20.6 Å². The zero-order valence-corrected chi connectivity index (χ0v) is 14.8. The number of hydrogen-bond donors (Lipinski definition) is 1. The van der Waals surface area contributed by atoms with E-state index in [1.54, 1.807) is 30.3 Å².